The van der Waals surface area contributed by atoms with Crippen LogP contribution in [0.1, 0.15) is 22.8 Å². The van der Waals surface area contributed by atoms with Crippen LogP contribution in [-0.2, 0) is 11.3 Å². The van der Waals surface area contributed by atoms with E-state index in [1.54, 1.807) is 6.92 Å². The molecule has 25 heavy (non-hydrogen) atoms. The molecule has 1 aromatic heterocycles. The number of benzene rings is 2. The number of carbonyl (C=O) groups is 1. The maximum atomic E-state index is 12.8. The zero-order chi connectivity index (χ0) is 18.0. The summed E-state index contributed by atoms with van der Waals surface area (Å²) in [5.74, 6) is -1.46. The molecule has 0 aliphatic heterocycles. The minimum Gasteiger partial charge on any atom is -0.508 e. The van der Waals surface area contributed by atoms with Crippen molar-refractivity contribution in [3.05, 3.63) is 70.0 Å². The summed E-state index contributed by atoms with van der Waals surface area (Å²) in [6.45, 7) is 1.91. The van der Waals surface area contributed by atoms with E-state index in [2.05, 4.69) is 0 Å². The number of carbonyl (C=O) groups excluding carboxylic acids is 1. The minimum absolute atomic E-state index is 0.0779. The van der Waals surface area contributed by atoms with Crippen molar-refractivity contribution in [1.29, 1.82) is 0 Å². The molecule has 0 aliphatic rings. The van der Waals surface area contributed by atoms with Gasteiger partial charge in [-0.1, -0.05) is 30.3 Å². The van der Waals surface area contributed by atoms with Gasteiger partial charge in [0.15, 0.2) is 5.56 Å². The summed E-state index contributed by atoms with van der Waals surface area (Å²) in [7, 11) is 0. The van der Waals surface area contributed by atoms with Gasteiger partial charge in [0.05, 0.1) is 18.7 Å². The molecule has 3 rings (SSSR count). The number of aromatic nitrogens is 1. The monoisotopic (exact) mass is 339 g/mol. The van der Waals surface area contributed by atoms with E-state index in [9.17, 15) is 19.8 Å². The number of hydrogen-bond donors (Lipinski definition) is 2. The van der Waals surface area contributed by atoms with Crippen LogP contribution < -0.4 is 5.56 Å². The van der Waals surface area contributed by atoms with Crippen LogP contribution in [0.3, 0.4) is 0 Å². The molecule has 6 heteroatoms. The molecule has 0 atom stereocenters. The number of fused-ring (bicyclic) bond motifs is 1. The number of ether oxygens (including phenoxy) is 1. The zero-order valence-corrected chi connectivity index (χ0v) is 13.6. The summed E-state index contributed by atoms with van der Waals surface area (Å²) >= 11 is 0. The first-order valence-corrected chi connectivity index (χ1v) is 7.82. The fourth-order valence-corrected chi connectivity index (χ4v) is 2.74. The predicted molar refractivity (Wildman–Crippen MR) is 93.0 cm³/mol. The number of aromatic hydroxyl groups is 2. The van der Waals surface area contributed by atoms with E-state index < -0.39 is 22.8 Å². The summed E-state index contributed by atoms with van der Waals surface area (Å²) < 4.78 is 6.28. The van der Waals surface area contributed by atoms with E-state index in [1.807, 2.05) is 30.3 Å². The molecule has 3 aromatic rings. The second-order valence-corrected chi connectivity index (χ2v) is 5.52. The molecule has 2 aromatic carbocycles. The molecule has 0 spiro atoms. The van der Waals surface area contributed by atoms with Crippen molar-refractivity contribution in [2.45, 2.75) is 13.5 Å². The molecular formula is C19H17NO5. The molecule has 0 amide bonds. The third-order valence-corrected chi connectivity index (χ3v) is 3.88. The molecule has 0 radical (unpaired) electrons. The number of pyridine rings is 1. The van der Waals surface area contributed by atoms with Crippen LogP contribution in [-0.4, -0.2) is 27.4 Å². The molecule has 0 saturated heterocycles. The second-order valence-electron chi connectivity index (χ2n) is 5.52. The normalized spacial score (nSPS) is 10.8. The molecule has 0 bridgehead atoms. The number of esters is 1. The van der Waals surface area contributed by atoms with Crippen LogP contribution >= 0.6 is 0 Å². The lowest BCUT2D eigenvalue weighted by atomic mass is 10.1. The predicted octanol–water partition coefficient (Wildman–Crippen LogP) is 2.64. The van der Waals surface area contributed by atoms with Crippen molar-refractivity contribution in [3.63, 3.8) is 0 Å². The highest BCUT2D eigenvalue weighted by Crippen LogP contribution is 2.30. The fourth-order valence-electron chi connectivity index (χ4n) is 2.74. The lowest BCUT2D eigenvalue weighted by Gasteiger charge is -2.15. The van der Waals surface area contributed by atoms with E-state index >= 15 is 0 Å². The first kappa shape index (κ1) is 16.6. The molecule has 0 unspecified atom stereocenters. The van der Waals surface area contributed by atoms with Gasteiger partial charge in [-0.15, -0.1) is 0 Å². The number of nitrogens with zero attached hydrogens (tertiary/aromatic N) is 1. The highest BCUT2D eigenvalue weighted by Gasteiger charge is 2.23. The highest BCUT2D eigenvalue weighted by molar-refractivity contribution is 5.99. The number of hydrogen-bond acceptors (Lipinski definition) is 5. The third kappa shape index (κ3) is 3.06. The van der Waals surface area contributed by atoms with Crippen LogP contribution in [0.4, 0.5) is 0 Å². The van der Waals surface area contributed by atoms with Gasteiger partial charge in [0.25, 0.3) is 5.56 Å². The first-order chi connectivity index (χ1) is 12.0. The maximum absolute atomic E-state index is 12.8. The van der Waals surface area contributed by atoms with Gasteiger partial charge in [0.1, 0.15) is 11.5 Å². The van der Waals surface area contributed by atoms with Crippen molar-refractivity contribution in [2.24, 2.45) is 0 Å². The van der Waals surface area contributed by atoms with Gasteiger partial charge >= 0.3 is 5.97 Å². The van der Waals surface area contributed by atoms with Crippen molar-refractivity contribution in [2.75, 3.05) is 6.61 Å². The fraction of sp³-hybridized carbons (Fsp3) is 0.158. The molecule has 128 valence electrons. The van der Waals surface area contributed by atoms with Gasteiger partial charge in [-0.25, -0.2) is 4.79 Å². The van der Waals surface area contributed by atoms with E-state index in [0.29, 0.717) is 5.52 Å². The van der Waals surface area contributed by atoms with E-state index in [4.69, 9.17) is 4.74 Å². The molecule has 6 nitrogen and oxygen atoms in total. The van der Waals surface area contributed by atoms with Crippen molar-refractivity contribution in [3.8, 4) is 11.5 Å². The Balaban J connectivity index is 2.30. The average Bonchev–Trinajstić information content (AvgIpc) is 2.60. The van der Waals surface area contributed by atoms with E-state index in [-0.39, 0.29) is 24.3 Å². The number of phenols is 1. The molecule has 2 N–H and O–H groups in total. The number of phenolic OH excluding ortho intramolecular Hbond substituents is 1. The van der Waals surface area contributed by atoms with Gasteiger partial charge in [-0.2, -0.15) is 0 Å². The third-order valence-electron chi connectivity index (χ3n) is 3.88. The second kappa shape index (κ2) is 6.68. The Morgan fingerprint density at radius 1 is 1.12 bits per heavy atom. The van der Waals surface area contributed by atoms with Crippen LogP contribution in [0.5, 0.6) is 11.5 Å². The van der Waals surface area contributed by atoms with Crippen LogP contribution in [0, 0.1) is 0 Å². The van der Waals surface area contributed by atoms with Crippen LogP contribution in [0.25, 0.3) is 10.9 Å². The van der Waals surface area contributed by atoms with Gasteiger partial charge in [0, 0.05) is 5.39 Å². The molecular weight excluding hydrogens is 322 g/mol. The lowest BCUT2D eigenvalue weighted by molar-refractivity contribution is 0.0520. The Hall–Kier alpha value is -3.28. The Morgan fingerprint density at radius 2 is 1.84 bits per heavy atom. The summed E-state index contributed by atoms with van der Waals surface area (Å²) in [5.41, 5.74) is 0.200. The Labute approximate surface area is 143 Å². The number of rotatable bonds is 4. The molecule has 0 fully saturated rings. The van der Waals surface area contributed by atoms with Crippen molar-refractivity contribution in [1.82, 2.24) is 4.57 Å². The summed E-state index contributed by atoms with van der Waals surface area (Å²) in [6, 6.07) is 13.5. The Bertz CT molecular complexity index is 992. The van der Waals surface area contributed by atoms with Gasteiger partial charge < -0.3 is 19.5 Å². The van der Waals surface area contributed by atoms with Crippen molar-refractivity contribution < 1.29 is 19.7 Å². The topological polar surface area (TPSA) is 88.8 Å². The Kier molecular flexibility index (Phi) is 4.43. The van der Waals surface area contributed by atoms with Crippen molar-refractivity contribution >= 4 is 16.9 Å². The smallest absolute Gasteiger partial charge is 0.347 e. The maximum Gasteiger partial charge on any atom is 0.347 e. The minimum atomic E-state index is -0.892. The highest BCUT2D eigenvalue weighted by atomic mass is 16.5. The van der Waals surface area contributed by atoms with Gasteiger partial charge in [-0.3, -0.25) is 4.79 Å². The quantitative estimate of drug-likeness (QED) is 0.713. The van der Waals surface area contributed by atoms with Crippen LogP contribution in [0.2, 0.25) is 0 Å². The average molecular weight is 339 g/mol. The van der Waals surface area contributed by atoms with Crippen LogP contribution in [0.15, 0.2) is 53.3 Å². The summed E-state index contributed by atoms with van der Waals surface area (Å²) in [5, 5.41) is 20.3. The standard InChI is InChI=1S/C19H17NO5/c1-2-25-19(24)16-17(22)14-10-13(21)8-9-15(14)20(18(16)23)11-12-6-4-3-5-7-12/h3-10,21-22H,2,11H2,1H3. The summed E-state index contributed by atoms with van der Waals surface area (Å²) in [6.07, 6.45) is 0. The van der Waals surface area contributed by atoms with E-state index in [1.165, 1.54) is 22.8 Å². The largest absolute Gasteiger partial charge is 0.508 e. The zero-order valence-electron chi connectivity index (χ0n) is 13.6. The van der Waals surface area contributed by atoms with Gasteiger partial charge in [-0.05, 0) is 30.7 Å². The SMILES string of the molecule is CCOC(=O)c1c(O)c2cc(O)ccc2n(Cc2ccccc2)c1=O. The lowest BCUT2D eigenvalue weighted by Crippen LogP contribution is -2.28. The molecule has 0 saturated carbocycles. The molecule has 1 heterocycles. The summed E-state index contributed by atoms with van der Waals surface area (Å²) in [4.78, 5) is 25.0. The Morgan fingerprint density at radius 3 is 2.52 bits per heavy atom. The first-order valence-electron chi connectivity index (χ1n) is 7.82. The molecule has 0 aliphatic carbocycles. The van der Waals surface area contributed by atoms with E-state index in [0.717, 1.165) is 5.56 Å². The van der Waals surface area contributed by atoms with Gasteiger partial charge in [0.2, 0.25) is 0 Å².